The van der Waals surface area contributed by atoms with Gasteiger partial charge in [0.2, 0.25) is 0 Å². The Bertz CT molecular complexity index is 443. The number of nitrogens with zero attached hydrogens (tertiary/aromatic N) is 4. The highest BCUT2D eigenvalue weighted by atomic mass is 127. The molecule has 2 rings (SSSR count). The molecule has 22 heavy (non-hydrogen) atoms. The summed E-state index contributed by atoms with van der Waals surface area (Å²) in [6, 6.07) is 11.2. The molecule has 0 amide bonds. The minimum atomic E-state index is 0. The summed E-state index contributed by atoms with van der Waals surface area (Å²) in [5.74, 6) is 1.02. The van der Waals surface area contributed by atoms with E-state index in [1.54, 1.807) is 0 Å². The summed E-state index contributed by atoms with van der Waals surface area (Å²) >= 11 is 0. The molecule has 5 heteroatoms. The van der Waals surface area contributed by atoms with Gasteiger partial charge in [0.05, 0.1) is 12.6 Å². The first-order valence-corrected chi connectivity index (χ1v) is 7.77. The van der Waals surface area contributed by atoms with Crippen LogP contribution in [0.2, 0.25) is 0 Å². The molecule has 1 aromatic rings. The zero-order valence-corrected chi connectivity index (χ0v) is 16.5. The van der Waals surface area contributed by atoms with Crippen LogP contribution in [0.15, 0.2) is 35.3 Å². The number of benzene rings is 1. The predicted molar refractivity (Wildman–Crippen MR) is 105 cm³/mol. The van der Waals surface area contributed by atoms with Crippen LogP contribution in [0.5, 0.6) is 0 Å². The average Bonchev–Trinajstić information content (AvgIpc) is 2.97. The third-order valence-electron chi connectivity index (χ3n) is 3.97. The van der Waals surface area contributed by atoms with E-state index in [1.165, 1.54) is 31.5 Å². The maximum absolute atomic E-state index is 4.87. The number of rotatable bonds is 4. The second-order valence-corrected chi connectivity index (χ2v) is 6.10. The molecule has 1 aromatic carbocycles. The van der Waals surface area contributed by atoms with Gasteiger partial charge in [-0.2, -0.15) is 0 Å². The van der Waals surface area contributed by atoms with E-state index in [9.17, 15) is 0 Å². The van der Waals surface area contributed by atoms with Gasteiger partial charge < -0.3 is 9.80 Å². The number of likely N-dealkylation sites (tertiary alicyclic amines) is 1. The van der Waals surface area contributed by atoms with E-state index in [-0.39, 0.29) is 24.0 Å². The standard InChI is InChI=1S/C17H28N4.HI/c1-19(2)17(20(3)4)18-14-16(21-12-8-9-13-21)15-10-6-5-7-11-15;/h5-7,10-11,16H,8-9,12-14H2,1-4H3;1H. The van der Waals surface area contributed by atoms with Gasteiger partial charge in [0.25, 0.3) is 0 Å². The first kappa shape index (κ1) is 19.2. The highest BCUT2D eigenvalue weighted by Gasteiger charge is 2.23. The fourth-order valence-corrected chi connectivity index (χ4v) is 3.01. The van der Waals surface area contributed by atoms with Crippen molar-refractivity contribution in [2.45, 2.75) is 18.9 Å². The van der Waals surface area contributed by atoms with E-state index < -0.39 is 0 Å². The van der Waals surface area contributed by atoms with Gasteiger partial charge in [-0.25, -0.2) is 0 Å². The van der Waals surface area contributed by atoms with Crippen molar-refractivity contribution in [2.24, 2.45) is 4.99 Å². The second kappa shape index (κ2) is 9.35. The lowest BCUT2D eigenvalue weighted by atomic mass is 10.1. The van der Waals surface area contributed by atoms with E-state index >= 15 is 0 Å². The smallest absolute Gasteiger partial charge is 0.195 e. The Balaban J connectivity index is 0.00000242. The van der Waals surface area contributed by atoms with Crippen LogP contribution in [-0.4, -0.2) is 68.5 Å². The Labute approximate surface area is 152 Å². The average molecular weight is 416 g/mol. The fourth-order valence-electron chi connectivity index (χ4n) is 3.01. The predicted octanol–water partition coefficient (Wildman–Crippen LogP) is 2.92. The van der Waals surface area contributed by atoms with Crippen LogP contribution in [0.25, 0.3) is 0 Å². The van der Waals surface area contributed by atoms with Gasteiger partial charge in [-0.05, 0) is 31.5 Å². The number of guanidine groups is 1. The van der Waals surface area contributed by atoms with Crippen molar-refractivity contribution in [3.8, 4) is 0 Å². The Morgan fingerprint density at radius 1 is 1.05 bits per heavy atom. The molecule has 0 bridgehead atoms. The van der Waals surface area contributed by atoms with Crippen LogP contribution < -0.4 is 0 Å². The van der Waals surface area contributed by atoms with Gasteiger partial charge in [0, 0.05) is 28.2 Å². The fraction of sp³-hybridized carbons (Fsp3) is 0.588. The van der Waals surface area contributed by atoms with Crippen LogP contribution >= 0.6 is 24.0 Å². The monoisotopic (exact) mass is 416 g/mol. The molecule has 0 aliphatic carbocycles. The van der Waals surface area contributed by atoms with Crippen molar-refractivity contribution in [1.29, 1.82) is 0 Å². The van der Waals surface area contributed by atoms with Crippen LogP contribution in [0, 0.1) is 0 Å². The van der Waals surface area contributed by atoms with Gasteiger partial charge in [-0.1, -0.05) is 30.3 Å². The number of hydrogen-bond acceptors (Lipinski definition) is 2. The number of aliphatic imine (C=N–C) groups is 1. The van der Waals surface area contributed by atoms with E-state index in [4.69, 9.17) is 4.99 Å². The summed E-state index contributed by atoms with van der Waals surface area (Å²) in [5.41, 5.74) is 1.38. The van der Waals surface area contributed by atoms with E-state index in [0.29, 0.717) is 6.04 Å². The zero-order valence-electron chi connectivity index (χ0n) is 14.2. The Hall–Kier alpha value is -0.820. The third-order valence-corrected chi connectivity index (χ3v) is 3.97. The molecule has 0 radical (unpaired) electrons. The number of hydrogen-bond donors (Lipinski definition) is 0. The molecule has 1 heterocycles. The lowest BCUT2D eigenvalue weighted by molar-refractivity contribution is 0.250. The van der Waals surface area contributed by atoms with Crippen LogP contribution in [0.4, 0.5) is 0 Å². The van der Waals surface area contributed by atoms with Gasteiger partial charge in [0.15, 0.2) is 5.96 Å². The van der Waals surface area contributed by atoms with Crippen molar-refractivity contribution in [1.82, 2.24) is 14.7 Å². The second-order valence-electron chi connectivity index (χ2n) is 6.10. The largest absolute Gasteiger partial charge is 0.349 e. The molecule has 1 aliphatic rings. The topological polar surface area (TPSA) is 22.1 Å². The van der Waals surface area contributed by atoms with Crippen molar-refractivity contribution < 1.29 is 0 Å². The highest BCUT2D eigenvalue weighted by molar-refractivity contribution is 14.0. The van der Waals surface area contributed by atoms with Crippen molar-refractivity contribution in [2.75, 3.05) is 47.8 Å². The lowest BCUT2D eigenvalue weighted by Gasteiger charge is -2.28. The molecular weight excluding hydrogens is 387 g/mol. The highest BCUT2D eigenvalue weighted by Crippen LogP contribution is 2.25. The lowest BCUT2D eigenvalue weighted by Crippen LogP contribution is -2.36. The molecule has 1 fully saturated rings. The molecule has 1 atom stereocenters. The summed E-state index contributed by atoms with van der Waals surface area (Å²) in [6.07, 6.45) is 2.61. The summed E-state index contributed by atoms with van der Waals surface area (Å²) in [5, 5.41) is 0. The summed E-state index contributed by atoms with van der Waals surface area (Å²) < 4.78 is 0. The minimum Gasteiger partial charge on any atom is -0.349 e. The van der Waals surface area contributed by atoms with Crippen molar-refractivity contribution in [3.05, 3.63) is 35.9 Å². The Morgan fingerprint density at radius 2 is 1.59 bits per heavy atom. The SMILES string of the molecule is CN(C)C(=NCC(c1ccccc1)N1CCCC1)N(C)C.I. The minimum absolute atomic E-state index is 0. The first-order valence-electron chi connectivity index (χ1n) is 7.77. The molecule has 0 aromatic heterocycles. The van der Waals surface area contributed by atoms with Crippen LogP contribution in [0.1, 0.15) is 24.4 Å². The molecule has 1 aliphatic heterocycles. The van der Waals surface area contributed by atoms with E-state index in [0.717, 1.165) is 12.5 Å². The Kier molecular flexibility index (Phi) is 8.17. The van der Waals surface area contributed by atoms with Gasteiger partial charge in [-0.3, -0.25) is 9.89 Å². The normalized spacial score (nSPS) is 15.8. The third kappa shape index (κ3) is 5.12. The molecular formula is C17H29IN4. The quantitative estimate of drug-likeness (QED) is 0.428. The number of halogens is 1. The van der Waals surface area contributed by atoms with Gasteiger partial charge in [0.1, 0.15) is 0 Å². The summed E-state index contributed by atoms with van der Waals surface area (Å²) in [7, 11) is 8.19. The van der Waals surface area contributed by atoms with Crippen molar-refractivity contribution >= 4 is 29.9 Å². The van der Waals surface area contributed by atoms with Crippen LogP contribution in [-0.2, 0) is 0 Å². The van der Waals surface area contributed by atoms with Crippen molar-refractivity contribution in [3.63, 3.8) is 0 Å². The molecule has 1 unspecified atom stereocenters. The first-order chi connectivity index (χ1) is 10.1. The maximum atomic E-state index is 4.87. The van der Waals surface area contributed by atoms with Gasteiger partial charge >= 0.3 is 0 Å². The molecule has 0 N–H and O–H groups in total. The molecule has 1 saturated heterocycles. The zero-order chi connectivity index (χ0) is 15.2. The summed E-state index contributed by atoms with van der Waals surface area (Å²) in [4.78, 5) is 11.6. The van der Waals surface area contributed by atoms with E-state index in [2.05, 4.69) is 45.0 Å². The Morgan fingerprint density at radius 3 is 2.09 bits per heavy atom. The maximum Gasteiger partial charge on any atom is 0.195 e. The molecule has 124 valence electrons. The van der Waals surface area contributed by atoms with E-state index in [1.807, 2.05) is 28.2 Å². The molecule has 0 saturated carbocycles. The van der Waals surface area contributed by atoms with Gasteiger partial charge in [-0.15, -0.1) is 24.0 Å². The molecule has 0 spiro atoms. The summed E-state index contributed by atoms with van der Waals surface area (Å²) in [6.45, 7) is 3.19. The molecule has 4 nitrogen and oxygen atoms in total. The van der Waals surface area contributed by atoms with Crippen LogP contribution in [0.3, 0.4) is 0 Å².